The van der Waals surface area contributed by atoms with Crippen molar-refractivity contribution in [2.75, 3.05) is 6.61 Å². The van der Waals surface area contributed by atoms with Crippen LogP contribution in [0.25, 0.3) is 11.0 Å². The zero-order valence-electron chi connectivity index (χ0n) is 21.8. The van der Waals surface area contributed by atoms with Gasteiger partial charge in [0.15, 0.2) is 0 Å². The summed E-state index contributed by atoms with van der Waals surface area (Å²) in [6, 6.07) is 25.2. The molecule has 4 aromatic rings. The predicted molar refractivity (Wildman–Crippen MR) is 144 cm³/mol. The molecule has 4 heteroatoms. The van der Waals surface area contributed by atoms with E-state index in [1.807, 2.05) is 6.07 Å². The van der Waals surface area contributed by atoms with E-state index in [0.29, 0.717) is 19.1 Å². The molecule has 0 unspecified atom stereocenters. The van der Waals surface area contributed by atoms with Crippen molar-refractivity contribution in [1.29, 1.82) is 0 Å². The van der Waals surface area contributed by atoms with E-state index < -0.39 is 0 Å². The first kappa shape index (κ1) is 24.8. The lowest BCUT2D eigenvalue weighted by atomic mass is 9.87. The lowest BCUT2D eigenvalue weighted by Crippen LogP contribution is -2.11. The van der Waals surface area contributed by atoms with Crippen LogP contribution < -0.4 is 9.47 Å². The van der Waals surface area contributed by atoms with Crippen LogP contribution in [-0.4, -0.2) is 16.2 Å². The Labute approximate surface area is 209 Å². The van der Waals surface area contributed by atoms with Gasteiger partial charge in [-0.1, -0.05) is 71.0 Å². The van der Waals surface area contributed by atoms with Gasteiger partial charge in [0.05, 0.1) is 17.6 Å². The van der Waals surface area contributed by atoms with Crippen molar-refractivity contribution in [1.82, 2.24) is 9.55 Å². The van der Waals surface area contributed by atoms with Crippen molar-refractivity contribution >= 4 is 11.0 Å². The molecule has 0 bridgehead atoms. The average Bonchev–Trinajstić information content (AvgIpc) is 3.20. The van der Waals surface area contributed by atoms with Gasteiger partial charge in [-0.2, -0.15) is 0 Å². The van der Waals surface area contributed by atoms with Crippen molar-refractivity contribution in [2.24, 2.45) is 0 Å². The number of aromatic nitrogens is 2. The highest BCUT2D eigenvalue weighted by Crippen LogP contribution is 2.25. The smallest absolute Gasteiger partial charge is 0.147 e. The zero-order chi connectivity index (χ0) is 24.8. The normalized spacial score (nSPS) is 11.8. The molecule has 0 aliphatic carbocycles. The Kier molecular flexibility index (Phi) is 7.80. The molecule has 4 rings (SSSR count). The zero-order valence-corrected chi connectivity index (χ0v) is 21.8. The minimum atomic E-state index is 0.133. The fraction of sp³-hybridized carbons (Fsp3) is 0.387. The van der Waals surface area contributed by atoms with Gasteiger partial charge in [0.2, 0.25) is 0 Å². The number of para-hydroxylation sites is 2. The number of ether oxygens (including phenoxy) is 2. The number of unbranched alkanes of at least 4 members (excludes halogenated alkanes) is 1. The lowest BCUT2D eigenvalue weighted by Gasteiger charge is -2.19. The second-order valence-corrected chi connectivity index (χ2v) is 10.5. The number of fused-ring (bicyclic) bond motifs is 1. The SMILES string of the molecule is CC(C)c1ccc(OCCCCn2c(COc3ccc(C(C)(C)C)cc3)nc3ccccc32)cc1. The van der Waals surface area contributed by atoms with E-state index in [1.165, 1.54) is 11.1 Å². The Morgan fingerprint density at radius 2 is 1.46 bits per heavy atom. The number of aryl methyl sites for hydroxylation is 1. The molecular formula is C31H38N2O2. The highest BCUT2D eigenvalue weighted by molar-refractivity contribution is 5.75. The molecule has 0 saturated carbocycles. The molecule has 0 N–H and O–H groups in total. The minimum absolute atomic E-state index is 0.133. The maximum absolute atomic E-state index is 6.13. The highest BCUT2D eigenvalue weighted by atomic mass is 16.5. The molecule has 3 aromatic carbocycles. The molecule has 0 aliphatic heterocycles. The van der Waals surface area contributed by atoms with Gasteiger partial charge in [0, 0.05) is 6.54 Å². The van der Waals surface area contributed by atoms with Gasteiger partial charge in [-0.25, -0.2) is 4.98 Å². The van der Waals surface area contributed by atoms with E-state index in [1.54, 1.807) is 0 Å². The topological polar surface area (TPSA) is 36.3 Å². The van der Waals surface area contributed by atoms with Crippen LogP contribution in [0.2, 0.25) is 0 Å². The third-order valence-corrected chi connectivity index (χ3v) is 6.41. The van der Waals surface area contributed by atoms with Crippen LogP contribution in [0.4, 0.5) is 0 Å². The summed E-state index contributed by atoms with van der Waals surface area (Å²) in [6.07, 6.45) is 1.99. The number of imidazole rings is 1. The maximum atomic E-state index is 6.13. The molecule has 0 radical (unpaired) electrons. The largest absolute Gasteiger partial charge is 0.494 e. The fourth-order valence-corrected chi connectivity index (χ4v) is 4.20. The lowest BCUT2D eigenvalue weighted by molar-refractivity contribution is 0.285. The first-order valence-corrected chi connectivity index (χ1v) is 12.7. The molecule has 1 heterocycles. The van der Waals surface area contributed by atoms with Crippen LogP contribution >= 0.6 is 0 Å². The average molecular weight is 471 g/mol. The monoisotopic (exact) mass is 470 g/mol. The van der Waals surface area contributed by atoms with E-state index in [0.717, 1.165) is 47.7 Å². The molecule has 0 aliphatic rings. The van der Waals surface area contributed by atoms with Gasteiger partial charge in [0.25, 0.3) is 0 Å². The molecule has 0 saturated heterocycles. The van der Waals surface area contributed by atoms with Crippen molar-refractivity contribution in [2.45, 2.75) is 71.9 Å². The third kappa shape index (κ3) is 6.45. The van der Waals surface area contributed by atoms with Crippen LogP contribution in [-0.2, 0) is 18.6 Å². The summed E-state index contributed by atoms with van der Waals surface area (Å²) in [5.41, 5.74) is 4.93. The van der Waals surface area contributed by atoms with E-state index in [2.05, 4.69) is 106 Å². The number of hydrogen-bond acceptors (Lipinski definition) is 3. The van der Waals surface area contributed by atoms with Crippen LogP contribution in [0.15, 0.2) is 72.8 Å². The van der Waals surface area contributed by atoms with Crippen LogP contribution in [0.5, 0.6) is 11.5 Å². The van der Waals surface area contributed by atoms with Crippen LogP contribution in [0.1, 0.15) is 70.3 Å². The fourth-order valence-electron chi connectivity index (χ4n) is 4.20. The first-order chi connectivity index (χ1) is 16.8. The summed E-state index contributed by atoms with van der Waals surface area (Å²) < 4.78 is 14.4. The quantitative estimate of drug-likeness (QED) is 0.221. The molecule has 35 heavy (non-hydrogen) atoms. The summed E-state index contributed by atoms with van der Waals surface area (Å²) >= 11 is 0. The molecule has 4 nitrogen and oxygen atoms in total. The van der Waals surface area contributed by atoms with Crippen molar-refractivity contribution < 1.29 is 9.47 Å². The minimum Gasteiger partial charge on any atom is -0.494 e. The summed E-state index contributed by atoms with van der Waals surface area (Å²) in [4.78, 5) is 4.86. The second kappa shape index (κ2) is 11.0. The van der Waals surface area contributed by atoms with Gasteiger partial charge in [-0.05, 0) is 71.7 Å². The van der Waals surface area contributed by atoms with Gasteiger partial charge in [-0.3, -0.25) is 0 Å². The second-order valence-electron chi connectivity index (χ2n) is 10.5. The van der Waals surface area contributed by atoms with E-state index in [4.69, 9.17) is 14.5 Å². The molecule has 0 spiro atoms. The van der Waals surface area contributed by atoms with Gasteiger partial charge < -0.3 is 14.0 Å². The maximum Gasteiger partial charge on any atom is 0.147 e. The summed E-state index contributed by atoms with van der Waals surface area (Å²) in [5.74, 6) is 3.30. The first-order valence-electron chi connectivity index (χ1n) is 12.7. The van der Waals surface area contributed by atoms with Gasteiger partial charge >= 0.3 is 0 Å². The number of nitrogens with zero attached hydrogens (tertiary/aromatic N) is 2. The summed E-state index contributed by atoms with van der Waals surface area (Å²) in [6.45, 7) is 13.1. The van der Waals surface area contributed by atoms with Crippen LogP contribution in [0.3, 0.4) is 0 Å². The summed E-state index contributed by atoms with van der Waals surface area (Å²) in [7, 11) is 0. The van der Waals surface area contributed by atoms with Crippen molar-refractivity contribution in [3.05, 3.63) is 89.7 Å². The highest BCUT2D eigenvalue weighted by Gasteiger charge is 2.14. The Balaban J connectivity index is 1.35. The molecule has 0 amide bonds. The molecule has 0 fully saturated rings. The molecule has 1 aromatic heterocycles. The Bertz CT molecular complexity index is 1220. The van der Waals surface area contributed by atoms with Crippen LogP contribution in [0, 0.1) is 0 Å². The number of rotatable bonds is 10. The van der Waals surface area contributed by atoms with Crippen molar-refractivity contribution in [3.8, 4) is 11.5 Å². The standard InChI is InChI=1S/C31H38N2O2/c1-23(2)24-12-16-26(17-13-24)34-21-9-8-20-33-29-11-7-6-10-28(29)32-30(33)22-35-27-18-14-25(15-19-27)31(3,4)5/h6-7,10-19,23H,8-9,20-22H2,1-5H3. The third-order valence-electron chi connectivity index (χ3n) is 6.41. The number of benzene rings is 3. The Morgan fingerprint density at radius 1 is 0.800 bits per heavy atom. The molecular weight excluding hydrogens is 432 g/mol. The van der Waals surface area contributed by atoms with Crippen molar-refractivity contribution in [3.63, 3.8) is 0 Å². The Hall–Kier alpha value is -3.27. The van der Waals surface area contributed by atoms with Gasteiger partial charge in [-0.15, -0.1) is 0 Å². The Morgan fingerprint density at radius 3 is 2.14 bits per heavy atom. The molecule has 184 valence electrons. The van der Waals surface area contributed by atoms with E-state index >= 15 is 0 Å². The van der Waals surface area contributed by atoms with Gasteiger partial charge in [0.1, 0.15) is 23.9 Å². The predicted octanol–water partition coefficient (Wildman–Crippen LogP) is 7.90. The molecule has 0 atom stereocenters. The van der Waals surface area contributed by atoms with E-state index in [9.17, 15) is 0 Å². The van der Waals surface area contributed by atoms with E-state index in [-0.39, 0.29) is 5.41 Å². The summed E-state index contributed by atoms with van der Waals surface area (Å²) in [5, 5.41) is 0. The number of hydrogen-bond donors (Lipinski definition) is 0.